The first-order chi connectivity index (χ1) is 6.75. The Kier molecular flexibility index (Phi) is 3.02. The van der Waals surface area contributed by atoms with Gasteiger partial charge in [-0.15, -0.1) is 11.3 Å². The van der Waals surface area contributed by atoms with E-state index >= 15 is 0 Å². The molecule has 0 aromatic carbocycles. The first-order valence-electron chi connectivity index (χ1n) is 5.35. The molecule has 0 fully saturated rings. The summed E-state index contributed by atoms with van der Waals surface area (Å²) in [6, 6.07) is 2.32. The Morgan fingerprint density at radius 3 is 2.93 bits per heavy atom. The summed E-state index contributed by atoms with van der Waals surface area (Å²) >= 11 is 1.93. The number of hydrogen-bond acceptors (Lipinski definition) is 2. The molecule has 2 heteroatoms. The zero-order valence-corrected chi connectivity index (χ0v) is 9.45. The van der Waals surface area contributed by atoms with E-state index in [1.807, 2.05) is 11.3 Å². The average molecular weight is 208 g/mol. The van der Waals surface area contributed by atoms with Crippen LogP contribution < -0.4 is 0 Å². The minimum absolute atomic E-state index is 0.302. The van der Waals surface area contributed by atoms with Crippen LogP contribution in [0.1, 0.15) is 41.5 Å². The molecule has 0 amide bonds. The van der Waals surface area contributed by atoms with Crippen molar-refractivity contribution in [2.45, 2.75) is 45.4 Å². The van der Waals surface area contributed by atoms with Gasteiger partial charge in [0.25, 0.3) is 0 Å². The summed E-state index contributed by atoms with van der Waals surface area (Å²) in [7, 11) is 0. The Labute approximate surface area is 89.1 Å². The molecule has 1 aliphatic rings. The van der Waals surface area contributed by atoms with Crippen LogP contribution in [-0.2, 0) is 24.1 Å². The van der Waals surface area contributed by atoms with Gasteiger partial charge in [-0.2, -0.15) is 0 Å². The highest BCUT2D eigenvalue weighted by atomic mass is 32.1. The van der Waals surface area contributed by atoms with Crippen molar-refractivity contribution < 1.29 is 4.79 Å². The topological polar surface area (TPSA) is 17.1 Å². The number of carbonyl (C=O) groups is 1. The Bertz CT molecular complexity index is 315. The molecule has 76 valence electrons. The molecule has 0 N–H and O–H groups in total. The monoisotopic (exact) mass is 208 g/mol. The van der Waals surface area contributed by atoms with E-state index in [1.165, 1.54) is 30.6 Å². The molecule has 0 bridgehead atoms. The number of carbonyl (C=O) groups excluding carboxylic acids is 1. The summed E-state index contributed by atoms with van der Waals surface area (Å²) in [5, 5.41) is 0. The predicted octanol–water partition coefficient (Wildman–Crippen LogP) is 3.15. The van der Waals surface area contributed by atoms with Gasteiger partial charge in [0.15, 0.2) is 0 Å². The van der Waals surface area contributed by atoms with E-state index in [0.717, 1.165) is 6.42 Å². The SMILES string of the molecule is CC(=O)CCc1cc2c(s1)CCCC2. The van der Waals surface area contributed by atoms with E-state index in [1.54, 1.807) is 17.4 Å². The fourth-order valence-corrected chi connectivity index (χ4v) is 3.23. The largest absolute Gasteiger partial charge is 0.300 e. The van der Waals surface area contributed by atoms with Crippen molar-refractivity contribution in [3.05, 3.63) is 21.4 Å². The molecule has 0 saturated heterocycles. The van der Waals surface area contributed by atoms with Crippen LogP contribution in [0.2, 0.25) is 0 Å². The molecule has 0 aliphatic heterocycles. The van der Waals surface area contributed by atoms with Gasteiger partial charge >= 0.3 is 0 Å². The summed E-state index contributed by atoms with van der Waals surface area (Å²) in [5.41, 5.74) is 1.56. The number of fused-ring (bicyclic) bond motifs is 1. The Balaban J connectivity index is 2.04. The third kappa shape index (κ3) is 2.24. The van der Waals surface area contributed by atoms with Gasteiger partial charge in [-0.3, -0.25) is 0 Å². The van der Waals surface area contributed by atoms with Gasteiger partial charge in [0, 0.05) is 16.2 Å². The smallest absolute Gasteiger partial charge is 0.130 e. The molecule has 14 heavy (non-hydrogen) atoms. The van der Waals surface area contributed by atoms with E-state index in [2.05, 4.69) is 6.07 Å². The number of aryl methyl sites for hydroxylation is 3. The van der Waals surface area contributed by atoms with Crippen LogP contribution in [0.4, 0.5) is 0 Å². The highest BCUT2D eigenvalue weighted by Crippen LogP contribution is 2.30. The lowest BCUT2D eigenvalue weighted by atomic mass is 9.99. The van der Waals surface area contributed by atoms with Crippen molar-refractivity contribution >= 4 is 17.1 Å². The third-order valence-corrected chi connectivity index (χ3v) is 4.07. The van der Waals surface area contributed by atoms with Gasteiger partial charge in [0.2, 0.25) is 0 Å². The van der Waals surface area contributed by atoms with Gasteiger partial charge < -0.3 is 4.79 Å². The quantitative estimate of drug-likeness (QED) is 0.745. The lowest BCUT2D eigenvalue weighted by Crippen LogP contribution is -1.96. The molecular weight excluding hydrogens is 192 g/mol. The summed E-state index contributed by atoms with van der Waals surface area (Å²) in [4.78, 5) is 13.9. The van der Waals surface area contributed by atoms with Crippen LogP contribution in [-0.4, -0.2) is 5.78 Å². The van der Waals surface area contributed by atoms with Crippen LogP contribution in [0.5, 0.6) is 0 Å². The Morgan fingerprint density at radius 2 is 2.21 bits per heavy atom. The highest BCUT2D eigenvalue weighted by Gasteiger charge is 2.13. The Hall–Kier alpha value is -0.630. The fourth-order valence-electron chi connectivity index (χ4n) is 1.97. The molecule has 0 radical (unpaired) electrons. The molecule has 1 heterocycles. The van der Waals surface area contributed by atoms with Crippen LogP contribution in [0.25, 0.3) is 0 Å². The van der Waals surface area contributed by atoms with Crippen molar-refractivity contribution in [1.82, 2.24) is 0 Å². The number of Topliss-reactive ketones (excluding diaryl/α,β-unsaturated/α-hetero) is 1. The van der Waals surface area contributed by atoms with Crippen molar-refractivity contribution in [3.8, 4) is 0 Å². The number of hydrogen-bond donors (Lipinski definition) is 0. The van der Waals surface area contributed by atoms with Crippen molar-refractivity contribution in [1.29, 1.82) is 0 Å². The van der Waals surface area contributed by atoms with E-state index in [-0.39, 0.29) is 0 Å². The number of rotatable bonds is 3. The first kappa shape index (κ1) is 9.91. The zero-order chi connectivity index (χ0) is 9.97. The Morgan fingerprint density at radius 1 is 1.43 bits per heavy atom. The molecule has 0 spiro atoms. The third-order valence-electron chi connectivity index (χ3n) is 2.77. The molecule has 1 aromatic heterocycles. The van der Waals surface area contributed by atoms with Crippen molar-refractivity contribution in [2.75, 3.05) is 0 Å². The van der Waals surface area contributed by atoms with Crippen molar-refractivity contribution in [3.63, 3.8) is 0 Å². The van der Waals surface area contributed by atoms with Crippen LogP contribution in [0.15, 0.2) is 6.07 Å². The molecule has 0 unspecified atom stereocenters. The second kappa shape index (κ2) is 4.26. The summed E-state index contributed by atoms with van der Waals surface area (Å²) in [5.74, 6) is 0.302. The summed E-state index contributed by atoms with van der Waals surface area (Å²) < 4.78 is 0. The van der Waals surface area contributed by atoms with Gasteiger partial charge in [-0.1, -0.05) is 0 Å². The molecular formula is C12H16OS. The minimum Gasteiger partial charge on any atom is -0.300 e. The lowest BCUT2D eigenvalue weighted by Gasteiger charge is -2.08. The molecule has 1 aliphatic carbocycles. The first-order valence-corrected chi connectivity index (χ1v) is 6.17. The van der Waals surface area contributed by atoms with Crippen LogP contribution in [0, 0.1) is 0 Å². The molecule has 1 aromatic rings. The number of ketones is 1. The zero-order valence-electron chi connectivity index (χ0n) is 8.64. The number of thiophene rings is 1. The molecule has 0 saturated carbocycles. The maximum Gasteiger partial charge on any atom is 0.130 e. The van der Waals surface area contributed by atoms with E-state index < -0.39 is 0 Å². The molecule has 1 nitrogen and oxygen atoms in total. The average Bonchev–Trinajstić information content (AvgIpc) is 2.57. The summed E-state index contributed by atoms with van der Waals surface area (Å²) in [6.07, 6.45) is 6.87. The van der Waals surface area contributed by atoms with Gasteiger partial charge in [0.05, 0.1) is 0 Å². The maximum absolute atomic E-state index is 10.9. The fraction of sp³-hybridized carbons (Fsp3) is 0.583. The van der Waals surface area contributed by atoms with Gasteiger partial charge in [0.1, 0.15) is 5.78 Å². The van der Waals surface area contributed by atoms with Gasteiger partial charge in [-0.05, 0) is 50.7 Å². The minimum atomic E-state index is 0.302. The standard InChI is InChI=1S/C12H16OS/c1-9(13)6-7-11-8-10-4-2-3-5-12(10)14-11/h8H,2-7H2,1H3. The van der Waals surface area contributed by atoms with Crippen molar-refractivity contribution in [2.24, 2.45) is 0 Å². The van der Waals surface area contributed by atoms with Crippen LogP contribution >= 0.6 is 11.3 Å². The molecule has 0 atom stereocenters. The molecule has 2 rings (SSSR count). The predicted molar refractivity (Wildman–Crippen MR) is 60.0 cm³/mol. The lowest BCUT2D eigenvalue weighted by molar-refractivity contribution is -0.116. The van der Waals surface area contributed by atoms with E-state index in [0.29, 0.717) is 12.2 Å². The van der Waals surface area contributed by atoms with Crippen LogP contribution in [0.3, 0.4) is 0 Å². The van der Waals surface area contributed by atoms with E-state index in [9.17, 15) is 4.79 Å². The van der Waals surface area contributed by atoms with Gasteiger partial charge in [-0.25, -0.2) is 0 Å². The maximum atomic E-state index is 10.9. The highest BCUT2D eigenvalue weighted by molar-refractivity contribution is 7.12. The normalized spacial score (nSPS) is 15.2. The second-order valence-corrected chi connectivity index (χ2v) is 5.29. The van der Waals surface area contributed by atoms with E-state index in [4.69, 9.17) is 0 Å². The second-order valence-electron chi connectivity index (χ2n) is 4.07. The summed E-state index contributed by atoms with van der Waals surface area (Å²) in [6.45, 7) is 1.67.